The lowest BCUT2D eigenvalue weighted by atomic mass is 10.2. The van der Waals surface area contributed by atoms with Crippen LogP contribution in [0.5, 0.6) is 5.75 Å². The van der Waals surface area contributed by atoms with Crippen molar-refractivity contribution in [2.75, 3.05) is 38.7 Å². The van der Waals surface area contributed by atoms with E-state index in [0.717, 1.165) is 0 Å². The molecular weight excluding hydrogens is 358 g/mol. The highest BCUT2D eigenvalue weighted by molar-refractivity contribution is 7.89. The topological polar surface area (TPSA) is 97.8 Å². The lowest BCUT2D eigenvalue weighted by Crippen LogP contribution is -2.40. The molecule has 0 aliphatic carbocycles. The molecule has 1 aromatic heterocycles. The number of para-hydroxylation sites is 1. The number of methoxy groups -OCH3 is 1. The molecule has 8 nitrogen and oxygen atoms in total. The van der Waals surface area contributed by atoms with Crippen LogP contribution in [-0.4, -0.2) is 57.0 Å². The predicted octanol–water partition coefficient (Wildman–Crippen LogP) is 1.36. The summed E-state index contributed by atoms with van der Waals surface area (Å²) in [7, 11) is -2.13. The van der Waals surface area contributed by atoms with E-state index < -0.39 is 15.9 Å². The van der Waals surface area contributed by atoms with Gasteiger partial charge in [-0.05, 0) is 24.3 Å². The van der Waals surface area contributed by atoms with Gasteiger partial charge in [0.1, 0.15) is 16.5 Å². The molecule has 0 saturated carbocycles. The highest BCUT2D eigenvalue weighted by atomic mass is 32.2. The quantitative estimate of drug-likeness (QED) is 0.845. The number of hydrogen-bond donors (Lipinski definition) is 1. The highest BCUT2D eigenvalue weighted by Crippen LogP contribution is 2.20. The Morgan fingerprint density at radius 2 is 1.92 bits per heavy atom. The van der Waals surface area contributed by atoms with Crippen LogP contribution in [0.1, 0.15) is 10.4 Å². The highest BCUT2D eigenvalue weighted by Gasteiger charge is 2.26. The summed E-state index contributed by atoms with van der Waals surface area (Å²) in [6, 6.07) is 9.68. The lowest BCUT2D eigenvalue weighted by molar-refractivity contribution is 0.0730. The molecule has 0 spiro atoms. The third kappa shape index (κ3) is 3.85. The van der Waals surface area contributed by atoms with Crippen LogP contribution in [0.25, 0.3) is 0 Å². The Kier molecular flexibility index (Phi) is 5.50. The molecule has 2 heterocycles. The molecule has 1 saturated heterocycles. The molecule has 0 radical (unpaired) electrons. The molecule has 0 atom stereocenters. The fourth-order valence-electron chi connectivity index (χ4n) is 2.56. The minimum Gasteiger partial charge on any atom is -0.496 e. The molecule has 138 valence electrons. The lowest BCUT2D eigenvalue weighted by Gasteiger charge is -2.25. The fourth-order valence-corrected chi connectivity index (χ4v) is 3.91. The largest absolute Gasteiger partial charge is 0.496 e. The van der Waals surface area contributed by atoms with Crippen molar-refractivity contribution in [3.63, 3.8) is 0 Å². The number of amides is 1. The fraction of sp³-hybridized carbons (Fsp3) is 0.294. The van der Waals surface area contributed by atoms with Crippen molar-refractivity contribution in [2.24, 2.45) is 0 Å². The first kappa shape index (κ1) is 18.3. The number of nitrogens with one attached hydrogen (secondary N) is 1. The zero-order chi connectivity index (χ0) is 18.6. The second-order valence-corrected chi connectivity index (χ2v) is 7.49. The van der Waals surface area contributed by atoms with Crippen LogP contribution in [0.3, 0.4) is 0 Å². The van der Waals surface area contributed by atoms with E-state index in [2.05, 4.69) is 10.3 Å². The predicted molar refractivity (Wildman–Crippen MR) is 94.8 cm³/mol. The van der Waals surface area contributed by atoms with Gasteiger partial charge in [-0.3, -0.25) is 4.79 Å². The number of benzene rings is 1. The van der Waals surface area contributed by atoms with Gasteiger partial charge < -0.3 is 14.8 Å². The van der Waals surface area contributed by atoms with Crippen molar-refractivity contribution in [1.29, 1.82) is 0 Å². The molecule has 26 heavy (non-hydrogen) atoms. The van der Waals surface area contributed by atoms with Gasteiger partial charge in [-0.25, -0.2) is 13.4 Å². The van der Waals surface area contributed by atoms with E-state index in [-0.39, 0.29) is 10.7 Å². The van der Waals surface area contributed by atoms with Gasteiger partial charge in [-0.15, -0.1) is 0 Å². The minimum atomic E-state index is -3.61. The monoisotopic (exact) mass is 377 g/mol. The molecule has 1 fully saturated rings. The van der Waals surface area contributed by atoms with Crippen molar-refractivity contribution < 1.29 is 22.7 Å². The zero-order valence-corrected chi connectivity index (χ0v) is 15.0. The van der Waals surface area contributed by atoms with Gasteiger partial charge in [0, 0.05) is 19.3 Å². The van der Waals surface area contributed by atoms with Crippen molar-refractivity contribution in [3.05, 3.63) is 48.2 Å². The summed E-state index contributed by atoms with van der Waals surface area (Å²) < 4.78 is 36.8. The Morgan fingerprint density at radius 1 is 1.19 bits per heavy atom. The number of carbonyl (C=O) groups excluding carboxylic acids is 1. The molecule has 1 aliphatic heterocycles. The van der Waals surface area contributed by atoms with Gasteiger partial charge in [0.05, 0.1) is 25.9 Å². The van der Waals surface area contributed by atoms with Crippen LogP contribution in [0.2, 0.25) is 0 Å². The summed E-state index contributed by atoms with van der Waals surface area (Å²) in [5.74, 6) is 0.303. The van der Waals surface area contributed by atoms with Crippen LogP contribution in [0.15, 0.2) is 47.5 Å². The van der Waals surface area contributed by atoms with Crippen molar-refractivity contribution in [1.82, 2.24) is 9.29 Å². The first-order valence-corrected chi connectivity index (χ1v) is 9.44. The number of carbonyl (C=O) groups is 1. The number of aromatic nitrogens is 1. The van der Waals surface area contributed by atoms with Crippen LogP contribution >= 0.6 is 0 Å². The second kappa shape index (κ2) is 7.81. The van der Waals surface area contributed by atoms with Gasteiger partial charge in [0.25, 0.3) is 5.91 Å². The summed E-state index contributed by atoms with van der Waals surface area (Å²) in [4.78, 5) is 16.5. The Labute approximate surface area is 151 Å². The maximum Gasteiger partial charge on any atom is 0.260 e. The van der Waals surface area contributed by atoms with E-state index >= 15 is 0 Å². The molecule has 1 aromatic carbocycles. The number of nitrogens with zero attached hydrogens (tertiary/aromatic N) is 2. The zero-order valence-electron chi connectivity index (χ0n) is 14.2. The van der Waals surface area contributed by atoms with Crippen LogP contribution in [0.4, 0.5) is 5.82 Å². The Bertz CT molecular complexity index is 878. The molecular formula is C17H19N3O5S. The minimum absolute atomic E-state index is 0.0784. The molecule has 2 aromatic rings. The second-order valence-electron chi connectivity index (χ2n) is 5.55. The number of rotatable bonds is 5. The van der Waals surface area contributed by atoms with E-state index in [1.54, 1.807) is 24.3 Å². The molecule has 0 unspecified atom stereocenters. The van der Waals surface area contributed by atoms with Crippen LogP contribution in [0, 0.1) is 0 Å². The smallest absolute Gasteiger partial charge is 0.260 e. The average Bonchev–Trinajstić information content (AvgIpc) is 2.69. The molecule has 1 aliphatic rings. The first-order chi connectivity index (χ1) is 12.5. The number of hydrogen-bond acceptors (Lipinski definition) is 6. The average molecular weight is 377 g/mol. The summed E-state index contributed by atoms with van der Waals surface area (Å²) in [5, 5.41) is 2.63. The third-order valence-corrected chi connectivity index (χ3v) is 5.82. The van der Waals surface area contributed by atoms with E-state index in [1.165, 1.54) is 29.7 Å². The van der Waals surface area contributed by atoms with Crippen LogP contribution < -0.4 is 10.1 Å². The van der Waals surface area contributed by atoms with Crippen molar-refractivity contribution in [2.45, 2.75) is 4.90 Å². The number of ether oxygens (including phenoxy) is 2. The van der Waals surface area contributed by atoms with E-state index in [1.807, 2.05) is 0 Å². The Hall–Kier alpha value is -2.49. The van der Waals surface area contributed by atoms with Gasteiger partial charge in [0.2, 0.25) is 10.0 Å². The molecule has 1 amide bonds. The summed E-state index contributed by atoms with van der Waals surface area (Å²) in [6.07, 6.45) is 1.24. The Balaban J connectivity index is 1.74. The first-order valence-electron chi connectivity index (χ1n) is 8.00. The van der Waals surface area contributed by atoms with E-state index in [4.69, 9.17) is 9.47 Å². The SMILES string of the molecule is COc1ccccc1C(=O)Nc1ccc(S(=O)(=O)N2CCOCC2)cn1. The van der Waals surface area contributed by atoms with E-state index in [0.29, 0.717) is 37.6 Å². The van der Waals surface area contributed by atoms with E-state index in [9.17, 15) is 13.2 Å². The standard InChI is InChI=1S/C17H19N3O5S/c1-24-15-5-3-2-4-14(15)17(21)19-16-7-6-13(12-18-16)26(22,23)20-8-10-25-11-9-20/h2-7,12H,8-11H2,1H3,(H,18,19,21). The maximum atomic E-state index is 12.6. The van der Waals surface area contributed by atoms with Crippen molar-refractivity contribution >= 4 is 21.7 Å². The van der Waals surface area contributed by atoms with Crippen LogP contribution in [-0.2, 0) is 14.8 Å². The molecule has 1 N–H and O–H groups in total. The third-order valence-electron chi connectivity index (χ3n) is 3.94. The van der Waals surface area contributed by atoms with Gasteiger partial charge in [-0.1, -0.05) is 12.1 Å². The number of sulfonamides is 1. The Morgan fingerprint density at radius 3 is 2.58 bits per heavy atom. The normalized spacial score (nSPS) is 15.4. The number of morpholine rings is 1. The van der Waals surface area contributed by atoms with Gasteiger partial charge in [-0.2, -0.15) is 4.31 Å². The number of pyridine rings is 1. The molecule has 3 rings (SSSR count). The molecule has 0 bridgehead atoms. The maximum absolute atomic E-state index is 12.6. The van der Waals surface area contributed by atoms with Gasteiger partial charge in [0.15, 0.2) is 0 Å². The molecule has 9 heteroatoms. The summed E-state index contributed by atoms with van der Waals surface area (Å²) in [5.41, 5.74) is 0.363. The summed E-state index contributed by atoms with van der Waals surface area (Å²) >= 11 is 0. The number of anilines is 1. The van der Waals surface area contributed by atoms with Crippen molar-refractivity contribution in [3.8, 4) is 5.75 Å². The van der Waals surface area contributed by atoms with Gasteiger partial charge >= 0.3 is 0 Å². The summed E-state index contributed by atoms with van der Waals surface area (Å²) in [6.45, 7) is 1.38.